The highest BCUT2D eigenvalue weighted by atomic mass is 16.5. The van der Waals surface area contributed by atoms with Crippen LogP contribution < -0.4 is 0 Å². The molecule has 0 aliphatic heterocycles. The molecule has 126 valence electrons. The van der Waals surface area contributed by atoms with Crippen LogP contribution in [0.5, 0.6) is 0 Å². The first-order valence-electron chi connectivity index (χ1n) is 7.84. The summed E-state index contributed by atoms with van der Waals surface area (Å²) in [5.74, 6) is -1.79. The molecule has 2 aromatic rings. The van der Waals surface area contributed by atoms with Crippen molar-refractivity contribution in [3.05, 3.63) is 70.8 Å². The van der Waals surface area contributed by atoms with E-state index in [0.29, 0.717) is 0 Å². The average molecular weight is 326 g/mol. The summed E-state index contributed by atoms with van der Waals surface area (Å²) in [5, 5.41) is 9.16. The van der Waals surface area contributed by atoms with Crippen molar-refractivity contribution in [1.82, 2.24) is 0 Å². The zero-order chi connectivity index (χ0) is 17.9. The van der Waals surface area contributed by atoms with Crippen LogP contribution in [0.1, 0.15) is 65.6 Å². The minimum absolute atomic E-state index is 0.0544. The minimum atomic E-state index is -1.15. The molecule has 0 spiro atoms. The van der Waals surface area contributed by atoms with Crippen molar-refractivity contribution >= 4 is 11.9 Å². The number of rotatable bonds is 4. The fraction of sp³-hybridized carbons (Fsp3) is 0.300. The van der Waals surface area contributed by atoms with Gasteiger partial charge in [-0.1, -0.05) is 57.2 Å². The molecule has 2 aromatic carbocycles. The highest BCUT2D eigenvalue weighted by Gasteiger charge is 2.20. The van der Waals surface area contributed by atoms with Gasteiger partial charge in [-0.05, 0) is 35.6 Å². The van der Waals surface area contributed by atoms with Crippen LogP contribution in [0.25, 0.3) is 0 Å². The summed E-state index contributed by atoms with van der Waals surface area (Å²) in [5.41, 5.74) is 2.12. The van der Waals surface area contributed by atoms with Gasteiger partial charge in [0.05, 0.1) is 11.1 Å². The lowest BCUT2D eigenvalue weighted by Crippen LogP contribution is -2.14. The summed E-state index contributed by atoms with van der Waals surface area (Å²) in [7, 11) is 0. The van der Waals surface area contributed by atoms with Gasteiger partial charge in [0.2, 0.25) is 0 Å². The van der Waals surface area contributed by atoms with Crippen molar-refractivity contribution in [3.8, 4) is 0 Å². The van der Waals surface area contributed by atoms with Crippen molar-refractivity contribution < 1.29 is 19.4 Å². The summed E-state index contributed by atoms with van der Waals surface area (Å²) in [6.45, 7) is 8.17. The molecule has 0 heterocycles. The van der Waals surface area contributed by atoms with Gasteiger partial charge in [0, 0.05) is 0 Å². The third-order valence-corrected chi connectivity index (χ3v) is 3.91. The van der Waals surface area contributed by atoms with Crippen molar-refractivity contribution in [3.63, 3.8) is 0 Å². The van der Waals surface area contributed by atoms with E-state index in [1.54, 1.807) is 19.1 Å². The summed E-state index contributed by atoms with van der Waals surface area (Å²) in [6.07, 6.45) is -0.464. The number of carboxylic acids is 1. The monoisotopic (exact) mass is 326 g/mol. The Kier molecular flexibility index (Phi) is 5.07. The van der Waals surface area contributed by atoms with Gasteiger partial charge < -0.3 is 9.84 Å². The molecule has 0 saturated carbocycles. The lowest BCUT2D eigenvalue weighted by molar-refractivity contribution is 0.0331. The van der Waals surface area contributed by atoms with Gasteiger partial charge in [-0.3, -0.25) is 0 Å². The van der Waals surface area contributed by atoms with E-state index in [2.05, 4.69) is 20.8 Å². The molecular weight excluding hydrogens is 304 g/mol. The van der Waals surface area contributed by atoms with Crippen molar-refractivity contribution in [2.24, 2.45) is 0 Å². The number of carboxylic acid groups (broad SMARTS) is 1. The molecule has 24 heavy (non-hydrogen) atoms. The number of esters is 1. The highest BCUT2D eigenvalue weighted by molar-refractivity contribution is 6.02. The predicted molar refractivity (Wildman–Crippen MR) is 92.4 cm³/mol. The van der Waals surface area contributed by atoms with Crippen LogP contribution in [-0.2, 0) is 10.2 Å². The molecule has 1 atom stereocenters. The smallest absolute Gasteiger partial charge is 0.339 e. The maximum atomic E-state index is 12.3. The SMILES string of the molecule is CC(OC(=O)c1ccccc1C(=O)O)c1ccc(C(C)(C)C)cc1. The van der Waals surface area contributed by atoms with E-state index in [4.69, 9.17) is 9.84 Å². The maximum absolute atomic E-state index is 12.3. The molecule has 0 aliphatic carbocycles. The Morgan fingerprint density at radius 3 is 2.00 bits per heavy atom. The molecule has 4 heteroatoms. The van der Waals surface area contributed by atoms with Gasteiger partial charge in [-0.25, -0.2) is 9.59 Å². The Morgan fingerprint density at radius 2 is 1.50 bits per heavy atom. The van der Waals surface area contributed by atoms with E-state index in [1.807, 2.05) is 24.3 Å². The molecule has 0 radical (unpaired) electrons. The summed E-state index contributed by atoms with van der Waals surface area (Å²) in [6, 6.07) is 13.9. The molecule has 0 saturated heterocycles. The van der Waals surface area contributed by atoms with Crippen molar-refractivity contribution in [2.75, 3.05) is 0 Å². The third kappa shape index (κ3) is 4.02. The van der Waals surface area contributed by atoms with E-state index in [1.165, 1.54) is 17.7 Å². The van der Waals surface area contributed by atoms with Crippen LogP contribution in [0.15, 0.2) is 48.5 Å². The van der Waals surface area contributed by atoms with E-state index < -0.39 is 18.0 Å². The average Bonchev–Trinajstić information content (AvgIpc) is 2.54. The number of carbonyl (C=O) groups excluding carboxylic acids is 1. The Labute approximate surface area is 142 Å². The molecule has 4 nitrogen and oxygen atoms in total. The van der Waals surface area contributed by atoms with Crippen LogP contribution in [0, 0.1) is 0 Å². The summed E-state index contributed by atoms with van der Waals surface area (Å²) < 4.78 is 5.44. The first-order valence-corrected chi connectivity index (χ1v) is 7.84. The second-order valence-electron chi connectivity index (χ2n) is 6.77. The Bertz CT molecular complexity index is 739. The van der Waals surface area contributed by atoms with E-state index in [-0.39, 0.29) is 16.5 Å². The lowest BCUT2D eigenvalue weighted by atomic mass is 9.86. The zero-order valence-electron chi connectivity index (χ0n) is 14.4. The first-order chi connectivity index (χ1) is 11.2. The number of aromatic carboxylic acids is 1. The molecule has 2 rings (SSSR count). The van der Waals surface area contributed by atoms with Crippen molar-refractivity contribution in [2.45, 2.75) is 39.2 Å². The first kappa shape index (κ1) is 17.7. The molecule has 1 unspecified atom stereocenters. The molecule has 0 bridgehead atoms. The standard InChI is InChI=1S/C20H22O4/c1-13(14-9-11-15(12-10-14)20(2,3)4)24-19(23)17-8-6-5-7-16(17)18(21)22/h5-13H,1-4H3,(H,21,22). The molecule has 0 aromatic heterocycles. The number of hydrogen-bond acceptors (Lipinski definition) is 3. The second kappa shape index (κ2) is 6.87. The summed E-state index contributed by atoms with van der Waals surface area (Å²) in [4.78, 5) is 23.5. The largest absolute Gasteiger partial charge is 0.478 e. The minimum Gasteiger partial charge on any atom is -0.478 e. The van der Waals surface area contributed by atoms with Crippen LogP contribution in [0.2, 0.25) is 0 Å². The van der Waals surface area contributed by atoms with Gasteiger partial charge >= 0.3 is 11.9 Å². The summed E-state index contributed by atoms with van der Waals surface area (Å²) >= 11 is 0. The Hall–Kier alpha value is -2.62. The van der Waals surface area contributed by atoms with Gasteiger partial charge in [0.15, 0.2) is 0 Å². The van der Waals surface area contributed by atoms with Crippen molar-refractivity contribution in [1.29, 1.82) is 0 Å². The fourth-order valence-corrected chi connectivity index (χ4v) is 2.39. The number of carbonyl (C=O) groups is 2. The van der Waals surface area contributed by atoms with Crippen LogP contribution in [-0.4, -0.2) is 17.0 Å². The molecule has 0 aliphatic rings. The van der Waals surface area contributed by atoms with Crippen LogP contribution >= 0.6 is 0 Å². The number of benzene rings is 2. The zero-order valence-corrected chi connectivity index (χ0v) is 14.4. The maximum Gasteiger partial charge on any atom is 0.339 e. The molecule has 0 amide bonds. The second-order valence-corrected chi connectivity index (χ2v) is 6.77. The topological polar surface area (TPSA) is 63.6 Å². The number of hydrogen-bond donors (Lipinski definition) is 1. The molecule has 1 N–H and O–H groups in total. The van der Waals surface area contributed by atoms with Gasteiger partial charge in [-0.15, -0.1) is 0 Å². The fourth-order valence-electron chi connectivity index (χ4n) is 2.39. The Morgan fingerprint density at radius 1 is 0.958 bits per heavy atom. The predicted octanol–water partition coefficient (Wildman–Crippen LogP) is 4.60. The highest BCUT2D eigenvalue weighted by Crippen LogP contribution is 2.25. The van der Waals surface area contributed by atoms with E-state index in [0.717, 1.165) is 5.56 Å². The van der Waals surface area contributed by atoms with Gasteiger partial charge in [0.25, 0.3) is 0 Å². The molecular formula is C20H22O4. The van der Waals surface area contributed by atoms with E-state index in [9.17, 15) is 9.59 Å². The van der Waals surface area contributed by atoms with E-state index >= 15 is 0 Å². The van der Waals surface area contributed by atoms with Crippen LogP contribution in [0.4, 0.5) is 0 Å². The normalized spacial score (nSPS) is 12.5. The van der Waals surface area contributed by atoms with Crippen LogP contribution in [0.3, 0.4) is 0 Å². The molecule has 0 fully saturated rings. The van der Waals surface area contributed by atoms with Gasteiger partial charge in [-0.2, -0.15) is 0 Å². The Balaban J connectivity index is 2.16. The quantitative estimate of drug-likeness (QED) is 0.834. The van der Waals surface area contributed by atoms with Gasteiger partial charge in [0.1, 0.15) is 6.10 Å². The third-order valence-electron chi connectivity index (χ3n) is 3.91. The lowest BCUT2D eigenvalue weighted by Gasteiger charge is -2.20. The number of ether oxygens (including phenoxy) is 1.